The van der Waals surface area contributed by atoms with Gasteiger partial charge in [-0.3, -0.25) is 4.79 Å². The van der Waals surface area contributed by atoms with Gasteiger partial charge in [0.15, 0.2) is 0 Å². The maximum Gasteiger partial charge on any atom is 0.335 e. The number of carboxylic acids is 1. The van der Waals surface area contributed by atoms with Crippen LogP contribution in [0.4, 0.5) is 5.69 Å². The second-order valence-corrected chi connectivity index (χ2v) is 7.35. The van der Waals surface area contributed by atoms with E-state index in [1.807, 2.05) is 25.1 Å². The molecular formula is C25H19ClN2O4. The quantitative estimate of drug-likeness (QED) is 0.370. The molecule has 0 saturated heterocycles. The van der Waals surface area contributed by atoms with Crippen molar-refractivity contribution in [3.8, 4) is 11.8 Å². The topological polar surface area (TPSA) is 99.4 Å². The third-order valence-corrected chi connectivity index (χ3v) is 4.86. The van der Waals surface area contributed by atoms with Gasteiger partial charge in [-0.05, 0) is 60.5 Å². The Morgan fingerprint density at radius 1 is 1.12 bits per heavy atom. The molecule has 0 heterocycles. The Morgan fingerprint density at radius 3 is 2.50 bits per heavy atom. The van der Waals surface area contributed by atoms with Gasteiger partial charge in [0.2, 0.25) is 0 Å². The molecule has 0 aliphatic rings. The first-order valence-corrected chi connectivity index (χ1v) is 9.98. The van der Waals surface area contributed by atoms with Gasteiger partial charge in [-0.25, -0.2) is 4.79 Å². The molecular weight excluding hydrogens is 428 g/mol. The van der Waals surface area contributed by atoms with Crippen molar-refractivity contribution in [3.05, 3.63) is 99.6 Å². The van der Waals surface area contributed by atoms with Crippen molar-refractivity contribution in [2.45, 2.75) is 13.5 Å². The van der Waals surface area contributed by atoms with Crippen LogP contribution in [-0.2, 0) is 11.4 Å². The van der Waals surface area contributed by atoms with Crippen LogP contribution in [-0.4, -0.2) is 17.0 Å². The summed E-state index contributed by atoms with van der Waals surface area (Å²) in [6.45, 7) is 2.02. The largest absolute Gasteiger partial charge is 0.488 e. The molecule has 0 bridgehead atoms. The Hall–Kier alpha value is -4.08. The standard InChI is InChI=1S/C25H19ClN2O4/c1-16-4-2-3-5-22(16)28-24(29)20(14-27)12-19-13-21(26)10-11-23(19)32-15-17-6-8-18(9-7-17)25(30)31/h2-13H,15H2,1H3,(H,28,29)(H,30,31). The van der Waals surface area contributed by atoms with Crippen molar-refractivity contribution in [1.29, 1.82) is 5.26 Å². The van der Waals surface area contributed by atoms with Crippen LogP contribution < -0.4 is 10.1 Å². The lowest BCUT2D eigenvalue weighted by molar-refractivity contribution is -0.112. The number of benzene rings is 3. The molecule has 0 aromatic heterocycles. The molecule has 0 radical (unpaired) electrons. The normalized spacial score (nSPS) is 10.8. The lowest BCUT2D eigenvalue weighted by atomic mass is 10.1. The highest BCUT2D eigenvalue weighted by molar-refractivity contribution is 6.30. The van der Waals surface area contributed by atoms with Gasteiger partial charge in [-0.2, -0.15) is 5.26 Å². The number of halogens is 1. The highest BCUT2D eigenvalue weighted by Gasteiger charge is 2.13. The van der Waals surface area contributed by atoms with E-state index in [9.17, 15) is 14.9 Å². The van der Waals surface area contributed by atoms with Crippen molar-refractivity contribution >= 4 is 35.2 Å². The zero-order chi connectivity index (χ0) is 23.1. The molecule has 160 valence electrons. The van der Waals surface area contributed by atoms with Gasteiger partial charge in [-0.15, -0.1) is 0 Å². The van der Waals surface area contributed by atoms with E-state index in [-0.39, 0.29) is 17.7 Å². The number of carboxylic acid groups (broad SMARTS) is 1. The fraction of sp³-hybridized carbons (Fsp3) is 0.0800. The molecule has 0 fully saturated rings. The first-order chi connectivity index (χ1) is 15.4. The van der Waals surface area contributed by atoms with Gasteiger partial charge in [0, 0.05) is 16.3 Å². The smallest absolute Gasteiger partial charge is 0.335 e. The number of nitrogens with one attached hydrogen (secondary N) is 1. The first kappa shape index (κ1) is 22.6. The number of carbonyl (C=O) groups is 2. The van der Waals surface area contributed by atoms with Gasteiger partial charge in [0.1, 0.15) is 24.0 Å². The summed E-state index contributed by atoms with van der Waals surface area (Å²) in [6.07, 6.45) is 1.42. The summed E-state index contributed by atoms with van der Waals surface area (Å²) in [7, 11) is 0. The number of carbonyl (C=O) groups excluding carboxylic acids is 1. The highest BCUT2D eigenvalue weighted by atomic mass is 35.5. The fourth-order valence-electron chi connectivity index (χ4n) is 2.88. The molecule has 7 heteroatoms. The molecule has 2 N–H and O–H groups in total. The van der Waals surface area contributed by atoms with Crippen LogP contribution in [0.15, 0.2) is 72.3 Å². The minimum Gasteiger partial charge on any atom is -0.488 e. The molecule has 6 nitrogen and oxygen atoms in total. The summed E-state index contributed by atoms with van der Waals surface area (Å²) in [5.74, 6) is -1.12. The number of nitriles is 1. The third kappa shape index (κ3) is 5.75. The zero-order valence-electron chi connectivity index (χ0n) is 17.1. The van der Waals surface area contributed by atoms with Crippen LogP contribution >= 0.6 is 11.6 Å². The van der Waals surface area contributed by atoms with E-state index in [1.165, 1.54) is 18.2 Å². The summed E-state index contributed by atoms with van der Waals surface area (Å²) >= 11 is 6.11. The molecule has 0 atom stereocenters. The van der Waals surface area contributed by atoms with Gasteiger partial charge >= 0.3 is 5.97 Å². The van der Waals surface area contributed by atoms with Crippen LogP contribution in [0.3, 0.4) is 0 Å². The van der Waals surface area contributed by atoms with E-state index < -0.39 is 11.9 Å². The SMILES string of the molecule is Cc1ccccc1NC(=O)C(C#N)=Cc1cc(Cl)ccc1OCc1ccc(C(=O)O)cc1. The Balaban J connectivity index is 1.81. The minimum absolute atomic E-state index is 0.105. The van der Waals surface area contributed by atoms with Gasteiger partial charge in [0.05, 0.1) is 5.56 Å². The van der Waals surface area contributed by atoms with Gasteiger partial charge < -0.3 is 15.2 Å². The first-order valence-electron chi connectivity index (χ1n) is 9.60. The average molecular weight is 447 g/mol. The minimum atomic E-state index is -1.00. The number of aryl methyl sites for hydroxylation is 1. The number of hydrogen-bond acceptors (Lipinski definition) is 4. The third-order valence-electron chi connectivity index (χ3n) is 4.63. The summed E-state index contributed by atoms with van der Waals surface area (Å²) in [5, 5.41) is 21.7. The van der Waals surface area contributed by atoms with Crippen molar-refractivity contribution in [1.82, 2.24) is 0 Å². The number of amides is 1. The highest BCUT2D eigenvalue weighted by Crippen LogP contribution is 2.27. The number of rotatable bonds is 7. The Kier molecular flexibility index (Phi) is 7.27. The molecule has 32 heavy (non-hydrogen) atoms. The van der Waals surface area contributed by atoms with Crippen molar-refractivity contribution in [3.63, 3.8) is 0 Å². The van der Waals surface area contributed by atoms with Crippen LogP contribution in [0.25, 0.3) is 6.08 Å². The Labute approximate surface area is 190 Å². The number of para-hydroxylation sites is 1. The van der Waals surface area contributed by atoms with E-state index in [2.05, 4.69) is 5.32 Å². The molecule has 0 spiro atoms. The predicted molar refractivity (Wildman–Crippen MR) is 123 cm³/mol. The fourth-order valence-corrected chi connectivity index (χ4v) is 3.06. The Morgan fingerprint density at radius 2 is 1.84 bits per heavy atom. The van der Waals surface area contributed by atoms with Crippen LogP contribution in [0.1, 0.15) is 27.0 Å². The van der Waals surface area contributed by atoms with Gasteiger partial charge in [0.25, 0.3) is 5.91 Å². The molecule has 3 aromatic carbocycles. The van der Waals surface area contributed by atoms with Gasteiger partial charge in [-0.1, -0.05) is 41.9 Å². The van der Waals surface area contributed by atoms with Crippen LogP contribution in [0, 0.1) is 18.3 Å². The number of ether oxygens (including phenoxy) is 1. The monoisotopic (exact) mass is 446 g/mol. The zero-order valence-corrected chi connectivity index (χ0v) is 17.9. The molecule has 0 aliphatic carbocycles. The van der Waals surface area contributed by atoms with Crippen molar-refractivity contribution in [2.75, 3.05) is 5.32 Å². The number of hydrogen-bond donors (Lipinski definition) is 2. The molecule has 0 aliphatic heterocycles. The van der Waals surface area contributed by atoms with Crippen molar-refractivity contribution in [2.24, 2.45) is 0 Å². The molecule has 1 amide bonds. The maximum atomic E-state index is 12.6. The Bertz CT molecular complexity index is 1230. The second kappa shape index (κ2) is 10.3. The molecule has 3 rings (SSSR count). The summed E-state index contributed by atoms with van der Waals surface area (Å²) in [5.41, 5.74) is 2.80. The van der Waals surface area contributed by atoms with E-state index in [0.29, 0.717) is 22.0 Å². The lowest BCUT2D eigenvalue weighted by Crippen LogP contribution is -2.14. The number of aromatic carboxylic acids is 1. The summed E-state index contributed by atoms with van der Waals surface area (Å²) in [4.78, 5) is 23.6. The van der Waals surface area contributed by atoms with Crippen molar-refractivity contribution < 1.29 is 19.4 Å². The molecule has 3 aromatic rings. The second-order valence-electron chi connectivity index (χ2n) is 6.91. The molecule has 0 saturated carbocycles. The maximum absolute atomic E-state index is 12.6. The van der Waals surface area contributed by atoms with Crippen LogP contribution in [0.5, 0.6) is 5.75 Å². The number of nitrogens with zero attached hydrogens (tertiary/aromatic N) is 1. The van der Waals surface area contributed by atoms with E-state index in [0.717, 1.165) is 11.1 Å². The van der Waals surface area contributed by atoms with Crippen LogP contribution in [0.2, 0.25) is 5.02 Å². The number of anilines is 1. The van der Waals surface area contributed by atoms with E-state index in [1.54, 1.807) is 42.5 Å². The average Bonchev–Trinajstić information content (AvgIpc) is 2.78. The summed E-state index contributed by atoms with van der Waals surface area (Å²) in [6, 6.07) is 20.4. The van der Waals surface area contributed by atoms with E-state index >= 15 is 0 Å². The van der Waals surface area contributed by atoms with E-state index in [4.69, 9.17) is 21.4 Å². The molecule has 0 unspecified atom stereocenters. The predicted octanol–water partition coefficient (Wildman–Crippen LogP) is 5.47. The lowest BCUT2D eigenvalue weighted by Gasteiger charge is -2.11. The summed E-state index contributed by atoms with van der Waals surface area (Å²) < 4.78 is 5.85.